The highest BCUT2D eigenvalue weighted by Gasteiger charge is 2.37. The van der Waals surface area contributed by atoms with Gasteiger partial charge in [0.2, 0.25) is 0 Å². The van der Waals surface area contributed by atoms with Crippen molar-refractivity contribution >= 4 is 10.1 Å². The molecule has 1 aromatic carbocycles. The van der Waals surface area contributed by atoms with Crippen molar-refractivity contribution in [2.24, 2.45) is 0 Å². The molecule has 0 radical (unpaired) electrons. The van der Waals surface area contributed by atoms with Gasteiger partial charge in [0.25, 0.3) is 10.1 Å². The average Bonchev–Trinajstić information content (AvgIpc) is 3.51. The van der Waals surface area contributed by atoms with E-state index in [1.165, 1.54) is 12.1 Å². The minimum absolute atomic E-state index is 0.00734. The lowest BCUT2D eigenvalue weighted by Crippen LogP contribution is -2.35. The zero-order valence-corrected chi connectivity index (χ0v) is 20.1. The summed E-state index contributed by atoms with van der Waals surface area (Å²) in [6.07, 6.45) is -3.52. The number of aryl methyl sites for hydroxylation is 1. The molecule has 0 unspecified atom stereocenters. The van der Waals surface area contributed by atoms with Gasteiger partial charge in [-0.3, -0.25) is 4.18 Å². The molecular weight excluding hydrogens is 468 g/mol. The van der Waals surface area contributed by atoms with E-state index in [1.54, 1.807) is 12.1 Å². The Morgan fingerprint density at radius 3 is 1.74 bits per heavy atom. The Morgan fingerprint density at radius 1 is 0.824 bits per heavy atom. The molecule has 2 aliphatic rings. The van der Waals surface area contributed by atoms with Crippen LogP contribution >= 0.6 is 0 Å². The standard InChI is InChI=1S/C23H36O10S/c1-14-2-4-15(5-3-14)34(29,30)31-13-19(28)23-11-9-21(33-23)17(26)7-6-16(25)20-8-10-22(32-20)18(27)12-24/h2-5,16-28H,6-13H2,1H3/t16-,17-,18-,19-,20-,21-,22+,23+/m0/s1. The maximum atomic E-state index is 12.3. The second-order valence-corrected chi connectivity index (χ2v) is 10.8. The third kappa shape index (κ3) is 7.19. The SMILES string of the molecule is Cc1ccc(S(=O)(=O)OC[C@H](O)[C@H]2CC[C@@H]([C@@H](O)CC[C@H](O)[C@@H]3CC[C@H]([C@@H](O)CO)O3)O2)cc1. The second kappa shape index (κ2) is 12.2. The van der Waals surface area contributed by atoms with Gasteiger partial charge in [0.05, 0.1) is 54.7 Å². The number of rotatable bonds is 12. The van der Waals surface area contributed by atoms with Gasteiger partial charge in [0.15, 0.2) is 0 Å². The van der Waals surface area contributed by atoms with E-state index in [9.17, 15) is 28.8 Å². The number of hydrogen-bond acceptors (Lipinski definition) is 10. The summed E-state index contributed by atoms with van der Waals surface area (Å²) in [4.78, 5) is 0.00734. The van der Waals surface area contributed by atoms with Crippen molar-refractivity contribution in [3.8, 4) is 0 Å². The zero-order valence-electron chi connectivity index (χ0n) is 19.3. The highest BCUT2D eigenvalue weighted by molar-refractivity contribution is 7.86. The van der Waals surface area contributed by atoms with Crippen molar-refractivity contribution in [1.29, 1.82) is 0 Å². The fraction of sp³-hybridized carbons (Fsp3) is 0.739. The smallest absolute Gasteiger partial charge is 0.297 e. The molecule has 0 aromatic heterocycles. The first-order valence-corrected chi connectivity index (χ1v) is 13.1. The van der Waals surface area contributed by atoms with Crippen molar-refractivity contribution in [3.63, 3.8) is 0 Å². The van der Waals surface area contributed by atoms with Gasteiger partial charge in [-0.05, 0) is 57.6 Å². The summed E-state index contributed by atoms with van der Waals surface area (Å²) < 4.78 is 40.9. The molecule has 2 saturated heterocycles. The Hall–Kier alpha value is -1.15. The molecule has 8 atom stereocenters. The van der Waals surface area contributed by atoms with E-state index >= 15 is 0 Å². The Bertz CT molecular complexity index is 861. The van der Waals surface area contributed by atoms with Gasteiger partial charge >= 0.3 is 0 Å². The lowest BCUT2D eigenvalue weighted by atomic mass is 9.99. The average molecular weight is 505 g/mol. The van der Waals surface area contributed by atoms with E-state index in [0.29, 0.717) is 25.7 Å². The maximum Gasteiger partial charge on any atom is 0.297 e. The monoisotopic (exact) mass is 504 g/mol. The van der Waals surface area contributed by atoms with Gasteiger partial charge in [-0.25, -0.2) is 0 Å². The van der Waals surface area contributed by atoms with Gasteiger partial charge in [-0.2, -0.15) is 8.42 Å². The summed E-state index contributed by atoms with van der Waals surface area (Å²) in [5.41, 5.74) is 0.913. The molecule has 1 aromatic rings. The van der Waals surface area contributed by atoms with Crippen molar-refractivity contribution in [3.05, 3.63) is 29.8 Å². The molecule has 5 N–H and O–H groups in total. The van der Waals surface area contributed by atoms with Crippen molar-refractivity contribution in [2.45, 2.75) is 99.2 Å². The molecule has 0 aliphatic carbocycles. The predicted molar refractivity (Wildman–Crippen MR) is 120 cm³/mol. The number of aliphatic hydroxyl groups is 5. The van der Waals surface area contributed by atoms with Gasteiger partial charge in [-0.1, -0.05) is 17.7 Å². The number of ether oxygens (including phenoxy) is 2. The molecule has 34 heavy (non-hydrogen) atoms. The molecule has 0 spiro atoms. The fourth-order valence-electron chi connectivity index (χ4n) is 4.38. The van der Waals surface area contributed by atoms with E-state index in [0.717, 1.165) is 5.56 Å². The largest absolute Gasteiger partial charge is 0.394 e. The molecule has 194 valence electrons. The molecule has 2 fully saturated rings. The quantitative estimate of drug-likeness (QED) is 0.245. The van der Waals surface area contributed by atoms with Gasteiger partial charge in [0.1, 0.15) is 12.2 Å². The molecule has 2 aliphatic heterocycles. The summed E-state index contributed by atoms with van der Waals surface area (Å²) in [6, 6.07) is 6.20. The van der Waals surface area contributed by atoms with E-state index < -0.39 is 72.2 Å². The predicted octanol–water partition coefficient (Wildman–Crippen LogP) is 0.0116. The lowest BCUT2D eigenvalue weighted by molar-refractivity contribution is -0.0984. The Kier molecular flexibility index (Phi) is 9.84. The van der Waals surface area contributed by atoms with Crippen LogP contribution < -0.4 is 0 Å². The first kappa shape index (κ1) is 27.4. The summed E-state index contributed by atoms with van der Waals surface area (Å²) in [7, 11) is -4.00. The highest BCUT2D eigenvalue weighted by atomic mass is 32.2. The van der Waals surface area contributed by atoms with Gasteiger partial charge in [0, 0.05) is 0 Å². The maximum absolute atomic E-state index is 12.3. The Labute approximate surface area is 200 Å². The Morgan fingerprint density at radius 2 is 1.26 bits per heavy atom. The molecule has 3 rings (SSSR count). The zero-order chi connectivity index (χ0) is 24.9. The minimum Gasteiger partial charge on any atom is -0.394 e. The summed E-state index contributed by atoms with van der Waals surface area (Å²) in [5, 5.41) is 49.9. The molecule has 0 saturated carbocycles. The molecule has 2 heterocycles. The van der Waals surface area contributed by atoms with E-state index in [2.05, 4.69) is 0 Å². The molecular formula is C23H36O10S. The number of benzene rings is 1. The highest BCUT2D eigenvalue weighted by Crippen LogP contribution is 2.29. The second-order valence-electron chi connectivity index (χ2n) is 9.16. The summed E-state index contributed by atoms with van der Waals surface area (Å²) in [5.74, 6) is 0. The van der Waals surface area contributed by atoms with E-state index in [4.69, 9.17) is 18.8 Å². The van der Waals surface area contributed by atoms with Crippen LogP contribution in [0.5, 0.6) is 0 Å². The van der Waals surface area contributed by atoms with E-state index in [1.807, 2.05) is 6.92 Å². The fourth-order valence-corrected chi connectivity index (χ4v) is 5.31. The van der Waals surface area contributed by atoms with Crippen LogP contribution in [-0.2, 0) is 23.8 Å². The van der Waals surface area contributed by atoms with Crippen LogP contribution in [0.4, 0.5) is 0 Å². The number of aliphatic hydroxyl groups excluding tert-OH is 5. The van der Waals surface area contributed by atoms with Crippen LogP contribution in [0, 0.1) is 6.92 Å². The third-order valence-electron chi connectivity index (χ3n) is 6.54. The van der Waals surface area contributed by atoms with Gasteiger partial charge in [-0.15, -0.1) is 0 Å². The van der Waals surface area contributed by atoms with Crippen LogP contribution in [0.15, 0.2) is 29.2 Å². The Balaban J connectivity index is 1.40. The lowest BCUT2D eigenvalue weighted by Gasteiger charge is -2.24. The molecule has 11 heteroatoms. The van der Waals surface area contributed by atoms with Gasteiger partial charge < -0.3 is 35.0 Å². The van der Waals surface area contributed by atoms with Crippen molar-refractivity contribution in [2.75, 3.05) is 13.2 Å². The molecule has 10 nitrogen and oxygen atoms in total. The topological polar surface area (TPSA) is 163 Å². The van der Waals surface area contributed by atoms with Crippen LogP contribution in [-0.4, -0.2) is 96.0 Å². The van der Waals surface area contributed by atoms with Crippen LogP contribution in [0.2, 0.25) is 0 Å². The number of hydrogen-bond donors (Lipinski definition) is 5. The minimum atomic E-state index is -4.00. The third-order valence-corrected chi connectivity index (χ3v) is 7.83. The van der Waals surface area contributed by atoms with Crippen LogP contribution in [0.25, 0.3) is 0 Å². The van der Waals surface area contributed by atoms with E-state index in [-0.39, 0.29) is 17.7 Å². The molecule has 0 bridgehead atoms. The first-order chi connectivity index (χ1) is 16.1. The molecule has 0 amide bonds. The van der Waals surface area contributed by atoms with Crippen molar-refractivity contribution < 1.29 is 47.6 Å². The van der Waals surface area contributed by atoms with Crippen LogP contribution in [0.1, 0.15) is 44.1 Å². The summed E-state index contributed by atoms with van der Waals surface area (Å²) >= 11 is 0. The normalized spacial score (nSPS) is 29.1. The van der Waals surface area contributed by atoms with Crippen LogP contribution in [0.3, 0.4) is 0 Å². The first-order valence-electron chi connectivity index (χ1n) is 11.7. The van der Waals surface area contributed by atoms with Crippen molar-refractivity contribution in [1.82, 2.24) is 0 Å². The summed E-state index contributed by atoms with van der Waals surface area (Å²) in [6.45, 7) is 0.982.